The first-order chi connectivity index (χ1) is 6.06. The number of alkyl halides is 3. The molecule has 0 spiro atoms. The topological polar surface area (TPSA) is 32.9 Å². The Labute approximate surface area is 76.3 Å². The molecule has 2 nitrogen and oxygen atoms in total. The number of rotatable bonds is 2. The minimum atomic E-state index is -2.98. The molecule has 1 rings (SSSR count). The molecule has 13 heavy (non-hydrogen) atoms. The second kappa shape index (κ2) is 3.83. The highest BCUT2D eigenvalue weighted by atomic mass is 35.5. The third-order valence-electron chi connectivity index (χ3n) is 1.47. The zero-order chi connectivity index (χ0) is 10.0. The van der Waals surface area contributed by atoms with Gasteiger partial charge < -0.3 is 4.98 Å². The first-order valence-electron chi connectivity index (χ1n) is 3.32. The van der Waals surface area contributed by atoms with E-state index in [0.717, 1.165) is 0 Å². The predicted octanol–water partition coefficient (Wildman–Crippen LogP) is 2.19. The van der Waals surface area contributed by atoms with E-state index in [1.165, 1.54) is 0 Å². The summed E-state index contributed by atoms with van der Waals surface area (Å²) < 4.78 is 37.2. The largest absolute Gasteiger partial charge is 0.324 e. The Morgan fingerprint density at radius 1 is 1.54 bits per heavy atom. The van der Waals surface area contributed by atoms with E-state index in [9.17, 15) is 18.0 Å². The lowest BCUT2D eigenvalue weighted by atomic mass is 10.2. The lowest BCUT2D eigenvalue weighted by molar-refractivity contribution is 0.144. The lowest BCUT2D eigenvalue weighted by Crippen LogP contribution is -2.12. The Bertz CT molecular complexity index is 363. The number of pyridine rings is 1. The van der Waals surface area contributed by atoms with Crippen LogP contribution in [0.4, 0.5) is 13.2 Å². The summed E-state index contributed by atoms with van der Waals surface area (Å²) in [6.45, 7) is 0. The standard InChI is InChI=1S/C7H5ClF3NO/c8-2-4-6(7(10)11)3(9)1-5(13)12-4/h1,7H,2H2,(H,12,13). The maximum absolute atomic E-state index is 12.8. The summed E-state index contributed by atoms with van der Waals surface area (Å²) in [6, 6.07) is 0.470. The number of H-pyrrole nitrogens is 1. The van der Waals surface area contributed by atoms with Crippen LogP contribution in [0.15, 0.2) is 10.9 Å². The Morgan fingerprint density at radius 3 is 2.62 bits per heavy atom. The lowest BCUT2D eigenvalue weighted by Gasteiger charge is -2.05. The van der Waals surface area contributed by atoms with E-state index in [2.05, 4.69) is 0 Å². The fourth-order valence-electron chi connectivity index (χ4n) is 0.930. The van der Waals surface area contributed by atoms with Crippen LogP contribution in [0.2, 0.25) is 0 Å². The van der Waals surface area contributed by atoms with Gasteiger partial charge in [-0.3, -0.25) is 4.79 Å². The average Bonchev–Trinajstić information content (AvgIpc) is 2.01. The summed E-state index contributed by atoms with van der Waals surface area (Å²) in [5.74, 6) is -1.58. The summed E-state index contributed by atoms with van der Waals surface area (Å²) in [5, 5.41) is 0. The van der Waals surface area contributed by atoms with E-state index in [1.807, 2.05) is 4.98 Å². The van der Waals surface area contributed by atoms with Gasteiger partial charge in [-0.15, -0.1) is 11.6 Å². The van der Waals surface area contributed by atoms with Gasteiger partial charge >= 0.3 is 0 Å². The van der Waals surface area contributed by atoms with Crippen molar-refractivity contribution >= 4 is 11.6 Å². The van der Waals surface area contributed by atoms with Crippen molar-refractivity contribution in [3.63, 3.8) is 0 Å². The maximum Gasteiger partial charge on any atom is 0.268 e. The highest BCUT2D eigenvalue weighted by Crippen LogP contribution is 2.24. The highest BCUT2D eigenvalue weighted by Gasteiger charge is 2.18. The summed E-state index contributed by atoms with van der Waals surface area (Å²) in [7, 11) is 0. The van der Waals surface area contributed by atoms with E-state index in [4.69, 9.17) is 11.6 Å². The van der Waals surface area contributed by atoms with E-state index < -0.39 is 23.4 Å². The average molecular weight is 212 g/mol. The molecule has 1 N–H and O–H groups in total. The molecule has 6 heteroatoms. The van der Waals surface area contributed by atoms with Crippen LogP contribution in [0.5, 0.6) is 0 Å². The van der Waals surface area contributed by atoms with Gasteiger partial charge in [0.25, 0.3) is 12.0 Å². The first-order valence-corrected chi connectivity index (χ1v) is 3.85. The molecule has 0 bridgehead atoms. The number of nitrogens with one attached hydrogen (secondary N) is 1. The van der Waals surface area contributed by atoms with Crippen molar-refractivity contribution in [2.75, 3.05) is 0 Å². The summed E-state index contributed by atoms with van der Waals surface area (Å²) in [4.78, 5) is 12.7. The molecule has 1 aromatic rings. The number of hydrogen-bond donors (Lipinski definition) is 1. The normalized spacial score (nSPS) is 10.8. The molecule has 0 saturated heterocycles. The zero-order valence-electron chi connectivity index (χ0n) is 6.28. The Balaban J connectivity index is 3.38. The van der Waals surface area contributed by atoms with Crippen molar-refractivity contribution in [2.45, 2.75) is 12.3 Å². The van der Waals surface area contributed by atoms with Gasteiger partial charge in [0, 0.05) is 11.8 Å². The van der Waals surface area contributed by atoms with Gasteiger partial charge in [0.15, 0.2) is 0 Å². The third-order valence-corrected chi connectivity index (χ3v) is 1.73. The van der Waals surface area contributed by atoms with Crippen LogP contribution in [0.25, 0.3) is 0 Å². The van der Waals surface area contributed by atoms with Crippen molar-refractivity contribution < 1.29 is 13.2 Å². The summed E-state index contributed by atoms with van der Waals surface area (Å²) >= 11 is 5.25. The number of hydrogen-bond acceptors (Lipinski definition) is 1. The highest BCUT2D eigenvalue weighted by molar-refractivity contribution is 6.17. The molecule has 0 atom stereocenters. The molecule has 0 radical (unpaired) electrons. The van der Waals surface area contributed by atoms with Crippen molar-refractivity contribution in [3.8, 4) is 0 Å². The Morgan fingerprint density at radius 2 is 2.15 bits per heavy atom. The minimum absolute atomic E-state index is 0.276. The van der Waals surface area contributed by atoms with Crippen LogP contribution >= 0.6 is 11.6 Å². The van der Waals surface area contributed by atoms with Crippen LogP contribution in [0.3, 0.4) is 0 Å². The molecule has 0 aliphatic carbocycles. The van der Waals surface area contributed by atoms with Crippen LogP contribution in [-0.2, 0) is 5.88 Å². The van der Waals surface area contributed by atoms with E-state index in [1.54, 1.807) is 0 Å². The third kappa shape index (κ3) is 2.03. The van der Waals surface area contributed by atoms with E-state index in [-0.39, 0.29) is 11.6 Å². The molecular weight excluding hydrogens is 207 g/mol. The molecule has 0 unspecified atom stereocenters. The molecule has 0 aliphatic rings. The molecule has 72 valence electrons. The zero-order valence-corrected chi connectivity index (χ0v) is 7.04. The van der Waals surface area contributed by atoms with Crippen LogP contribution in [0.1, 0.15) is 17.7 Å². The number of halogens is 4. The predicted molar refractivity (Wildman–Crippen MR) is 41.5 cm³/mol. The van der Waals surface area contributed by atoms with Crippen molar-refractivity contribution in [1.82, 2.24) is 4.98 Å². The molecular formula is C7H5ClF3NO. The molecule has 0 amide bonds. The van der Waals surface area contributed by atoms with Crippen LogP contribution in [0, 0.1) is 5.82 Å². The summed E-state index contributed by atoms with van der Waals surface area (Å²) in [6.07, 6.45) is -2.98. The van der Waals surface area contributed by atoms with Gasteiger partial charge in [-0.2, -0.15) is 0 Å². The fourth-order valence-corrected chi connectivity index (χ4v) is 1.14. The number of aromatic amines is 1. The number of aromatic nitrogens is 1. The smallest absolute Gasteiger partial charge is 0.268 e. The quantitative estimate of drug-likeness (QED) is 0.748. The summed E-state index contributed by atoms with van der Waals surface area (Å²) in [5.41, 5.74) is -1.89. The molecule has 0 aliphatic heterocycles. The van der Waals surface area contributed by atoms with E-state index in [0.29, 0.717) is 6.07 Å². The van der Waals surface area contributed by atoms with Crippen molar-refractivity contribution in [3.05, 3.63) is 33.5 Å². The van der Waals surface area contributed by atoms with Gasteiger partial charge in [0.2, 0.25) is 0 Å². The van der Waals surface area contributed by atoms with Gasteiger partial charge in [-0.1, -0.05) is 0 Å². The monoisotopic (exact) mass is 211 g/mol. The molecule has 0 aromatic carbocycles. The van der Waals surface area contributed by atoms with Crippen molar-refractivity contribution in [2.24, 2.45) is 0 Å². The Hall–Kier alpha value is -0.970. The van der Waals surface area contributed by atoms with Gasteiger partial charge in [0.05, 0.1) is 11.4 Å². The molecule has 0 fully saturated rings. The second-order valence-corrected chi connectivity index (χ2v) is 2.58. The van der Waals surface area contributed by atoms with Crippen LogP contribution < -0.4 is 5.56 Å². The minimum Gasteiger partial charge on any atom is -0.324 e. The van der Waals surface area contributed by atoms with Gasteiger partial charge in [-0.25, -0.2) is 13.2 Å². The van der Waals surface area contributed by atoms with Crippen LogP contribution in [-0.4, -0.2) is 4.98 Å². The Kier molecular flexibility index (Phi) is 2.98. The fraction of sp³-hybridized carbons (Fsp3) is 0.286. The maximum atomic E-state index is 12.8. The van der Waals surface area contributed by atoms with Crippen molar-refractivity contribution in [1.29, 1.82) is 0 Å². The van der Waals surface area contributed by atoms with Gasteiger partial charge in [-0.05, 0) is 0 Å². The molecule has 0 saturated carbocycles. The molecule has 1 heterocycles. The molecule has 1 aromatic heterocycles. The SMILES string of the molecule is O=c1cc(F)c(C(F)F)c(CCl)[nH]1. The van der Waals surface area contributed by atoms with Gasteiger partial charge in [0.1, 0.15) is 5.82 Å². The first kappa shape index (κ1) is 10.1. The van der Waals surface area contributed by atoms with E-state index >= 15 is 0 Å². The second-order valence-electron chi connectivity index (χ2n) is 2.31.